The highest BCUT2D eigenvalue weighted by molar-refractivity contribution is 7.09. The summed E-state index contributed by atoms with van der Waals surface area (Å²) in [6, 6.07) is 16.4. The summed E-state index contributed by atoms with van der Waals surface area (Å²) in [7, 11) is 0. The number of nitrogen functional groups attached to an aromatic ring is 1. The summed E-state index contributed by atoms with van der Waals surface area (Å²) < 4.78 is 23.2. The molecule has 9 nitrogen and oxygen atoms in total. The predicted molar refractivity (Wildman–Crippen MR) is 154 cm³/mol. The van der Waals surface area contributed by atoms with E-state index in [1.54, 1.807) is 54.6 Å². The largest absolute Gasteiger partial charge is 0.467 e. The second-order valence-corrected chi connectivity index (χ2v) is 10.6. The Morgan fingerprint density at radius 3 is 2.44 bits per heavy atom. The maximum atomic E-state index is 14.2. The molecule has 3 amide bonds. The zero-order valence-electron chi connectivity index (χ0n) is 22.2. The summed E-state index contributed by atoms with van der Waals surface area (Å²) in [6.45, 7) is 0.0985. The molecule has 1 atom stereocenters. The Bertz CT molecular complexity index is 1490. The minimum absolute atomic E-state index is 0.00718. The molecule has 1 aliphatic carbocycles. The highest BCUT2D eigenvalue weighted by Gasteiger charge is 2.37. The van der Waals surface area contributed by atoms with Gasteiger partial charge in [-0.3, -0.25) is 19.3 Å². The van der Waals surface area contributed by atoms with Crippen molar-refractivity contribution in [1.29, 1.82) is 0 Å². The van der Waals surface area contributed by atoms with Gasteiger partial charge >= 0.3 is 0 Å². The van der Waals surface area contributed by atoms with Crippen LogP contribution in [-0.2, 0) is 11.3 Å². The lowest BCUT2D eigenvalue weighted by atomic mass is 9.95. The van der Waals surface area contributed by atoms with Crippen LogP contribution in [0.4, 0.5) is 15.8 Å². The molecule has 0 saturated heterocycles. The minimum Gasteiger partial charge on any atom is -0.467 e. The monoisotopic (exact) mass is 575 g/mol. The van der Waals surface area contributed by atoms with Gasteiger partial charge in [0.1, 0.15) is 16.5 Å². The third kappa shape index (κ3) is 6.46. The Labute approximate surface area is 240 Å². The number of rotatable bonds is 9. The van der Waals surface area contributed by atoms with E-state index in [-0.39, 0.29) is 40.4 Å². The lowest BCUT2D eigenvalue weighted by Gasteiger charge is -2.29. The number of halogens is 1. The standard InChI is InChI=1S/C30H30FN5O4S/c31-20-15-13-19(14-16-20)18-33-29(38)26(23-12-7-17-40-23)36(22-10-5-2-6-11-22)30(39)27-24(32)25(35-41-27)28(37)34-21-8-3-1-4-9-21/h2,5-7,10-17,21,26H,1,3-4,8-9,18,32H2,(H,33,38)(H,34,37). The summed E-state index contributed by atoms with van der Waals surface area (Å²) >= 11 is 0.811. The maximum Gasteiger partial charge on any atom is 0.273 e. The average Bonchev–Trinajstić information content (AvgIpc) is 3.66. The van der Waals surface area contributed by atoms with Crippen molar-refractivity contribution < 1.29 is 23.2 Å². The Kier molecular flexibility index (Phi) is 8.73. The molecule has 212 valence electrons. The normalized spacial score (nSPS) is 14.3. The number of nitrogens with two attached hydrogens (primary N) is 1. The van der Waals surface area contributed by atoms with Crippen LogP contribution in [0.1, 0.15) is 69.6 Å². The van der Waals surface area contributed by atoms with Gasteiger partial charge in [0.25, 0.3) is 17.7 Å². The predicted octanol–water partition coefficient (Wildman–Crippen LogP) is 5.22. The van der Waals surface area contributed by atoms with Crippen LogP contribution in [0.25, 0.3) is 0 Å². The Morgan fingerprint density at radius 2 is 1.76 bits per heavy atom. The van der Waals surface area contributed by atoms with Crippen molar-refractivity contribution in [3.05, 3.63) is 101 Å². The first kappa shape index (κ1) is 28.0. The molecule has 0 aliphatic heterocycles. The van der Waals surface area contributed by atoms with Crippen molar-refractivity contribution in [3.8, 4) is 0 Å². The summed E-state index contributed by atoms with van der Waals surface area (Å²) in [5, 5.41) is 5.81. The van der Waals surface area contributed by atoms with Crippen LogP contribution < -0.4 is 21.3 Å². The molecule has 1 fully saturated rings. The molecule has 2 aromatic carbocycles. The summed E-state index contributed by atoms with van der Waals surface area (Å²) in [6.07, 6.45) is 6.43. The smallest absolute Gasteiger partial charge is 0.273 e. The van der Waals surface area contributed by atoms with E-state index in [0.29, 0.717) is 11.3 Å². The number of amides is 3. The fraction of sp³-hybridized carbons (Fsp3) is 0.267. The molecule has 2 heterocycles. The maximum absolute atomic E-state index is 14.2. The minimum atomic E-state index is -1.22. The van der Waals surface area contributed by atoms with Crippen LogP contribution in [0.15, 0.2) is 77.4 Å². The molecule has 1 unspecified atom stereocenters. The SMILES string of the molecule is Nc1c(C(=O)NC2CCCCC2)nsc1C(=O)N(c1ccccc1)C(C(=O)NCc1ccc(F)cc1)c1ccco1. The van der Waals surface area contributed by atoms with E-state index in [9.17, 15) is 18.8 Å². The van der Waals surface area contributed by atoms with Crippen molar-refractivity contribution in [1.82, 2.24) is 15.0 Å². The Morgan fingerprint density at radius 1 is 1.02 bits per heavy atom. The van der Waals surface area contributed by atoms with E-state index >= 15 is 0 Å². The van der Waals surface area contributed by atoms with E-state index in [1.807, 2.05) is 0 Å². The molecule has 41 heavy (non-hydrogen) atoms. The van der Waals surface area contributed by atoms with Crippen molar-refractivity contribution in [2.75, 3.05) is 10.6 Å². The first-order chi connectivity index (χ1) is 19.9. The number of carbonyl (C=O) groups is 3. The summed E-state index contributed by atoms with van der Waals surface area (Å²) in [4.78, 5) is 42.2. The number of aromatic nitrogens is 1. The molecule has 2 aromatic heterocycles. The number of para-hydroxylation sites is 1. The first-order valence-electron chi connectivity index (χ1n) is 13.4. The van der Waals surface area contributed by atoms with Gasteiger partial charge in [-0.1, -0.05) is 49.6 Å². The first-order valence-corrected chi connectivity index (χ1v) is 14.2. The Balaban J connectivity index is 1.46. The molecular formula is C30H30FN5O4S. The fourth-order valence-corrected chi connectivity index (χ4v) is 5.64. The second kappa shape index (κ2) is 12.8. The van der Waals surface area contributed by atoms with Gasteiger partial charge in [-0.05, 0) is 66.3 Å². The fourth-order valence-electron chi connectivity index (χ4n) is 4.91. The van der Waals surface area contributed by atoms with E-state index in [0.717, 1.165) is 43.6 Å². The number of carbonyl (C=O) groups excluding carboxylic acids is 3. The van der Waals surface area contributed by atoms with Gasteiger partial charge in [-0.25, -0.2) is 4.39 Å². The number of anilines is 2. The average molecular weight is 576 g/mol. The number of hydrogen-bond donors (Lipinski definition) is 3. The zero-order chi connectivity index (χ0) is 28.8. The van der Waals surface area contributed by atoms with Crippen LogP contribution in [0.5, 0.6) is 0 Å². The quantitative estimate of drug-likeness (QED) is 0.251. The number of benzene rings is 2. The highest BCUT2D eigenvalue weighted by Crippen LogP contribution is 2.33. The third-order valence-electron chi connectivity index (χ3n) is 7.03. The van der Waals surface area contributed by atoms with Crippen LogP contribution in [0, 0.1) is 5.82 Å². The number of nitrogens with zero attached hydrogens (tertiary/aromatic N) is 2. The molecule has 0 radical (unpaired) electrons. The van der Waals surface area contributed by atoms with Gasteiger partial charge < -0.3 is 20.8 Å². The third-order valence-corrected chi connectivity index (χ3v) is 7.88. The van der Waals surface area contributed by atoms with Crippen molar-refractivity contribution in [2.24, 2.45) is 0 Å². The van der Waals surface area contributed by atoms with Crippen molar-refractivity contribution >= 4 is 40.6 Å². The van der Waals surface area contributed by atoms with Gasteiger partial charge in [-0.15, -0.1) is 0 Å². The van der Waals surface area contributed by atoms with Crippen LogP contribution in [-0.4, -0.2) is 28.1 Å². The van der Waals surface area contributed by atoms with E-state index in [4.69, 9.17) is 10.2 Å². The van der Waals surface area contributed by atoms with Gasteiger partial charge in [0.15, 0.2) is 11.7 Å². The molecule has 11 heteroatoms. The molecular weight excluding hydrogens is 545 g/mol. The molecule has 5 rings (SSSR count). The molecule has 4 N–H and O–H groups in total. The van der Waals surface area contributed by atoms with Crippen molar-refractivity contribution in [2.45, 2.75) is 50.7 Å². The van der Waals surface area contributed by atoms with Gasteiger partial charge in [0.2, 0.25) is 0 Å². The van der Waals surface area contributed by atoms with E-state index < -0.39 is 23.8 Å². The molecule has 1 saturated carbocycles. The molecule has 4 aromatic rings. The van der Waals surface area contributed by atoms with E-state index in [2.05, 4.69) is 15.0 Å². The lowest BCUT2D eigenvalue weighted by Crippen LogP contribution is -2.43. The zero-order valence-corrected chi connectivity index (χ0v) is 23.0. The van der Waals surface area contributed by atoms with Gasteiger partial charge in [-0.2, -0.15) is 4.37 Å². The summed E-state index contributed by atoms with van der Waals surface area (Å²) in [5.41, 5.74) is 7.39. The van der Waals surface area contributed by atoms with Gasteiger partial charge in [0.05, 0.1) is 12.0 Å². The number of furan rings is 1. The number of nitrogens with one attached hydrogen (secondary N) is 2. The molecule has 0 bridgehead atoms. The number of hydrogen-bond acceptors (Lipinski definition) is 7. The van der Waals surface area contributed by atoms with Crippen LogP contribution in [0.2, 0.25) is 0 Å². The molecule has 0 spiro atoms. The van der Waals surface area contributed by atoms with Crippen molar-refractivity contribution in [3.63, 3.8) is 0 Å². The Hall–Kier alpha value is -4.51. The molecule has 1 aliphatic rings. The highest BCUT2D eigenvalue weighted by atomic mass is 32.1. The topological polar surface area (TPSA) is 131 Å². The van der Waals surface area contributed by atoms with Crippen LogP contribution in [0.3, 0.4) is 0 Å². The van der Waals surface area contributed by atoms with E-state index in [1.165, 1.54) is 23.3 Å². The van der Waals surface area contributed by atoms with Gasteiger partial charge in [0, 0.05) is 18.3 Å². The summed E-state index contributed by atoms with van der Waals surface area (Å²) in [5.74, 6) is -1.72. The lowest BCUT2D eigenvalue weighted by molar-refractivity contribution is -0.123. The second-order valence-electron chi connectivity index (χ2n) is 9.86. The van der Waals surface area contributed by atoms with Crippen LogP contribution >= 0.6 is 11.5 Å².